The molecule has 0 amide bonds. The molecule has 31 heteroatoms. The molecule has 2 aromatic heterocycles. The molecule has 3 aromatic carbocycles. The number of ether oxygens (including phenoxy) is 6. The van der Waals surface area contributed by atoms with Crippen LogP contribution in [0.5, 0.6) is 0 Å². The van der Waals surface area contributed by atoms with Gasteiger partial charge in [-0.25, -0.2) is 9.36 Å². The van der Waals surface area contributed by atoms with Gasteiger partial charge in [0.25, 0.3) is 0 Å². The first-order chi connectivity index (χ1) is 41.7. The number of rotatable bonds is 38. The minimum atomic E-state index is -4.90. The maximum absolute atomic E-state index is 13.0. The van der Waals surface area contributed by atoms with Gasteiger partial charge in [-0.1, -0.05) is 68.5 Å². The van der Waals surface area contributed by atoms with Crippen molar-refractivity contribution in [1.82, 2.24) is 24.7 Å². The summed E-state index contributed by atoms with van der Waals surface area (Å²) in [6, 6.07) is 24.5. The van der Waals surface area contributed by atoms with Crippen molar-refractivity contribution >= 4 is 58.1 Å². The Morgan fingerprint density at radius 2 is 1.40 bits per heavy atom. The lowest BCUT2D eigenvalue weighted by Gasteiger charge is -2.26. The highest BCUT2D eigenvalue weighted by atomic mass is 31.2. The second kappa shape index (κ2) is 31.6. The van der Waals surface area contributed by atoms with Crippen LogP contribution in [-0.4, -0.2) is 179 Å². The SMILES string of the molecule is CC1(C)C(=CC=CC2=[N+](CCCO[P+]([O-])(O)OCCOCCOCCOCCOCCOCCOP(=O)(O)O[C@H]3C[C@H](n4ccc(N)nc4=O)O[C@@H]3CO[P+]([O-])(O)On3nnc4ccccc43)c3ccccc3C2(C)C)N(CCCO)c2ccccc21. The van der Waals surface area contributed by atoms with Crippen molar-refractivity contribution in [3.05, 3.63) is 131 Å². The molecule has 5 heterocycles. The molecule has 0 bridgehead atoms. The van der Waals surface area contributed by atoms with E-state index in [1.807, 2.05) is 18.2 Å². The quantitative estimate of drug-likeness (QED) is 0.0213. The van der Waals surface area contributed by atoms with E-state index in [1.165, 1.54) is 23.4 Å². The van der Waals surface area contributed by atoms with E-state index in [4.69, 9.17) is 61.4 Å². The Labute approximate surface area is 505 Å². The van der Waals surface area contributed by atoms with Crippen molar-refractivity contribution in [2.75, 3.05) is 123 Å². The number of hydrogen-bond donors (Lipinski definition) is 5. The average Bonchev–Trinajstić information content (AvgIpc) is 1.64. The monoisotopic (exact) mass is 1280 g/mol. The van der Waals surface area contributed by atoms with Gasteiger partial charge >= 0.3 is 29.9 Å². The van der Waals surface area contributed by atoms with Gasteiger partial charge in [0.2, 0.25) is 5.69 Å². The Morgan fingerprint density at radius 3 is 2.09 bits per heavy atom. The molecule has 3 unspecified atom stereocenters. The topological polar surface area (TPSA) is 353 Å². The second-order valence-electron chi connectivity index (χ2n) is 21.2. The Bertz CT molecular complexity index is 3240. The van der Waals surface area contributed by atoms with Crippen molar-refractivity contribution < 1.29 is 94.4 Å². The summed E-state index contributed by atoms with van der Waals surface area (Å²) in [6.07, 6.45) is 4.94. The molecular formula is C56H78N8O20P3+. The van der Waals surface area contributed by atoms with Gasteiger partial charge in [-0.2, -0.15) is 37.5 Å². The number of phosphoric acid groups is 3. The summed E-state index contributed by atoms with van der Waals surface area (Å²) in [7, 11) is -14.0. The fourth-order valence-electron chi connectivity index (χ4n) is 10.2. The number of allylic oxidation sites excluding steroid dienone is 4. The summed E-state index contributed by atoms with van der Waals surface area (Å²) in [6.45, 7) is 10.8. The highest BCUT2D eigenvalue weighted by molar-refractivity contribution is 7.53. The molecule has 8 rings (SSSR count). The van der Waals surface area contributed by atoms with Gasteiger partial charge in [-0.15, -0.1) is 5.10 Å². The van der Waals surface area contributed by atoms with Gasteiger partial charge in [0.1, 0.15) is 55.1 Å². The Hall–Kier alpha value is -5.10. The van der Waals surface area contributed by atoms with Crippen LogP contribution in [0, 0.1) is 0 Å². The van der Waals surface area contributed by atoms with Crippen LogP contribution in [0.1, 0.15) is 64.3 Å². The van der Waals surface area contributed by atoms with Crippen molar-refractivity contribution in [1.29, 1.82) is 0 Å². The molecule has 0 saturated carbocycles. The zero-order chi connectivity index (χ0) is 62.1. The van der Waals surface area contributed by atoms with Crippen LogP contribution >= 0.6 is 24.2 Å². The van der Waals surface area contributed by atoms with Gasteiger partial charge in [-0.3, -0.25) is 13.6 Å². The summed E-state index contributed by atoms with van der Waals surface area (Å²) in [4.78, 5) is 76.4. The number of nitrogen functional groups attached to an aromatic ring is 1. The number of nitrogens with two attached hydrogens (primary N) is 1. The van der Waals surface area contributed by atoms with E-state index in [0.717, 1.165) is 32.2 Å². The normalized spacial score (nSPS) is 20.6. The number of benzene rings is 3. The number of hydrogen-bond acceptors (Lipinski definition) is 24. The van der Waals surface area contributed by atoms with E-state index >= 15 is 0 Å². The van der Waals surface area contributed by atoms with Crippen LogP contribution < -0.4 is 30.7 Å². The van der Waals surface area contributed by atoms with Gasteiger partial charge in [0.15, 0.2) is 12.3 Å². The Balaban J connectivity index is 0.645. The van der Waals surface area contributed by atoms with Gasteiger partial charge < -0.3 is 58.8 Å². The first-order valence-electron chi connectivity index (χ1n) is 28.5. The Morgan fingerprint density at radius 1 is 0.782 bits per heavy atom. The first-order valence-corrected chi connectivity index (χ1v) is 32.9. The summed E-state index contributed by atoms with van der Waals surface area (Å²) < 4.78 is 80.9. The summed E-state index contributed by atoms with van der Waals surface area (Å²) in [5.74, 6) is -0.0479. The third-order valence-corrected chi connectivity index (χ3v) is 17.3. The van der Waals surface area contributed by atoms with Crippen LogP contribution in [0.2, 0.25) is 0 Å². The zero-order valence-corrected chi connectivity index (χ0v) is 51.7. The number of para-hydroxylation sites is 3. The molecule has 3 aliphatic rings. The highest BCUT2D eigenvalue weighted by Gasteiger charge is 2.47. The maximum atomic E-state index is 13.0. The molecule has 5 aromatic rings. The molecule has 1 fully saturated rings. The van der Waals surface area contributed by atoms with Gasteiger partial charge in [0.05, 0.1) is 78.1 Å². The number of fused-ring (bicyclic) bond motifs is 3. The van der Waals surface area contributed by atoms with Crippen LogP contribution in [0.4, 0.5) is 17.2 Å². The van der Waals surface area contributed by atoms with E-state index in [9.17, 15) is 38.9 Å². The van der Waals surface area contributed by atoms with E-state index in [0.29, 0.717) is 44.7 Å². The van der Waals surface area contributed by atoms with Crippen molar-refractivity contribution in [3.8, 4) is 0 Å². The molecule has 476 valence electrons. The summed E-state index contributed by atoms with van der Waals surface area (Å²) >= 11 is 0. The van der Waals surface area contributed by atoms with E-state index in [-0.39, 0.29) is 108 Å². The first kappa shape index (κ1) is 67.8. The molecule has 6 N–H and O–H groups in total. The largest absolute Gasteiger partial charge is 0.606 e. The number of aliphatic hydroxyl groups is 1. The number of anilines is 2. The number of nitrogens with zero attached hydrogens (tertiary/aromatic N) is 7. The average molecular weight is 1280 g/mol. The van der Waals surface area contributed by atoms with Crippen LogP contribution in [0.25, 0.3) is 11.0 Å². The van der Waals surface area contributed by atoms with E-state index in [1.54, 1.807) is 24.3 Å². The smallest absolute Gasteiger partial charge is 0.472 e. The molecule has 0 aliphatic carbocycles. The Kier molecular flexibility index (Phi) is 24.6. The zero-order valence-electron chi connectivity index (χ0n) is 49.1. The van der Waals surface area contributed by atoms with Crippen molar-refractivity contribution in [2.24, 2.45) is 0 Å². The minimum Gasteiger partial charge on any atom is -0.606 e. The van der Waals surface area contributed by atoms with E-state index in [2.05, 4.69) is 101 Å². The molecule has 28 nitrogen and oxygen atoms in total. The van der Waals surface area contributed by atoms with E-state index < -0.39 is 54.9 Å². The fourth-order valence-corrected chi connectivity index (χ4v) is 12.6. The van der Waals surface area contributed by atoms with Crippen molar-refractivity contribution in [2.45, 2.75) is 76.2 Å². The fraction of sp³-hybridized carbons (Fsp3) is 0.518. The van der Waals surface area contributed by atoms with Crippen LogP contribution in [0.15, 0.2) is 114 Å². The lowest BCUT2D eigenvalue weighted by molar-refractivity contribution is -0.438. The number of aliphatic hydroxyl groups excluding tert-OH is 1. The predicted molar refractivity (Wildman–Crippen MR) is 316 cm³/mol. The standard InChI is InChI=1S/C56H77N8O20P3/c1-55(2)42-14-5-8-17-45(42)61(23-12-26-65)50(55)20-11-21-51-56(3,4)43-15-6-9-18-46(43)62(51)24-13-27-78-85(67,68)79-38-36-76-34-32-74-30-28-73-29-31-75-33-35-77-37-39-80-86(69,70)83-48-40-53(63-25-22-52(57)58-54(63)66)82-49(48)41-81-87(71,72)84-64-47-19-10-7-16-44(47)59-60-64/h5-11,14-22,25,48-49,53,65H,12-13,23-24,26-41H2,1-4H3,(H4-,57,58,66,67,68,69,70,71,72)/p+1/t48-,49+,53+/m0/s1. The predicted octanol–water partition coefficient (Wildman–Crippen LogP) is 3.77. The molecular weight excluding hydrogens is 1200 g/mol. The number of aromatic nitrogens is 5. The van der Waals surface area contributed by atoms with Crippen LogP contribution in [0.3, 0.4) is 0 Å². The third-order valence-electron chi connectivity index (χ3n) is 14.4. The lowest BCUT2D eigenvalue weighted by atomic mass is 9.81. The molecule has 3 aliphatic heterocycles. The third kappa shape index (κ3) is 18.7. The maximum Gasteiger partial charge on any atom is 0.472 e. The summed E-state index contributed by atoms with van der Waals surface area (Å²) in [5, 5.41) is 17.2. The number of phosphoric ester groups is 3. The highest BCUT2D eigenvalue weighted by Crippen LogP contribution is 2.51. The summed E-state index contributed by atoms with van der Waals surface area (Å²) in [5.41, 5.74) is 11.9. The van der Waals surface area contributed by atoms with Gasteiger partial charge in [0, 0.05) is 66.7 Å². The van der Waals surface area contributed by atoms with Gasteiger partial charge in [-0.05, 0) is 66.2 Å². The molecule has 0 spiro atoms. The van der Waals surface area contributed by atoms with Crippen molar-refractivity contribution in [3.63, 3.8) is 0 Å². The molecule has 1 saturated heterocycles. The minimum absolute atomic E-state index is 0.00543. The lowest BCUT2D eigenvalue weighted by Crippen LogP contribution is -2.33. The molecule has 0 radical (unpaired) electrons. The molecule has 6 atom stereocenters. The molecule has 87 heavy (non-hydrogen) atoms. The van der Waals surface area contributed by atoms with Crippen LogP contribution in [-0.2, 0) is 66.4 Å². The second-order valence-corrected chi connectivity index (χ2v) is 25.4.